The lowest BCUT2D eigenvalue weighted by Crippen LogP contribution is -2.17. The highest BCUT2D eigenvalue weighted by Gasteiger charge is 2.12. The Labute approximate surface area is 131 Å². The zero-order chi connectivity index (χ0) is 15.9. The summed E-state index contributed by atoms with van der Waals surface area (Å²) in [4.78, 5) is 13.5. The van der Waals surface area contributed by atoms with Gasteiger partial charge in [-0.05, 0) is 43.9 Å². The Balaban J connectivity index is 2.14. The summed E-state index contributed by atoms with van der Waals surface area (Å²) in [5.74, 6) is 0.916. The standard InChI is InChI=1S/C18H22N2O2/c1-4-18(21)19-15-8-5-7-14(13-15)10-11-16(20(2)3)17-9-6-12-22-17/h5-13,16H,4H2,1-3H3,(H,19,21). The first-order valence-corrected chi connectivity index (χ1v) is 7.38. The van der Waals surface area contributed by atoms with Gasteiger partial charge < -0.3 is 9.73 Å². The number of nitrogens with zero attached hydrogens (tertiary/aromatic N) is 1. The maximum Gasteiger partial charge on any atom is 0.224 e. The van der Waals surface area contributed by atoms with E-state index in [-0.39, 0.29) is 11.9 Å². The third kappa shape index (κ3) is 4.33. The summed E-state index contributed by atoms with van der Waals surface area (Å²) < 4.78 is 5.49. The average molecular weight is 298 g/mol. The molecule has 0 fully saturated rings. The van der Waals surface area contributed by atoms with Crippen LogP contribution in [0.5, 0.6) is 0 Å². The van der Waals surface area contributed by atoms with Crippen LogP contribution >= 0.6 is 0 Å². The Hall–Kier alpha value is -2.33. The van der Waals surface area contributed by atoms with Crippen LogP contribution in [0, 0.1) is 0 Å². The maximum absolute atomic E-state index is 11.5. The molecule has 1 aromatic heterocycles. The van der Waals surface area contributed by atoms with E-state index in [4.69, 9.17) is 4.42 Å². The van der Waals surface area contributed by atoms with Gasteiger partial charge >= 0.3 is 0 Å². The molecule has 1 amide bonds. The van der Waals surface area contributed by atoms with Crippen molar-refractivity contribution >= 4 is 17.7 Å². The second-order valence-electron chi connectivity index (χ2n) is 5.31. The van der Waals surface area contributed by atoms with Crippen molar-refractivity contribution in [2.24, 2.45) is 0 Å². The van der Waals surface area contributed by atoms with Crippen molar-refractivity contribution in [3.05, 3.63) is 60.1 Å². The normalized spacial score (nSPS) is 12.7. The fourth-order valence-electron chi connectivity index (χ4n) is 2.15. The van der Waals surface area contributed by atoms with Gasteiger partial charge in [0, 0.05) is 12.1 Å². The molecule has 4 heteroatoms. The smallest absolute Gasteiger partial charge is 0.224 e. The summed E-state index contributed by atoms with van der Waals surface area (Å²) >= 11 is 0. The van der Waals surface area contributed by atoms with Gasteiger partial charge in [0.2, 0.25) is 5.91 Å². The number of carbonyl (C=O) groups is 1. The van der Waals surface area contributed by atoms with Crippen LogP contribution in [0.2, 0.25) is 0 Å². The molecule has 0 spiro atoms. The third-order valence-corrected chi connectivity index (χ3v) is 3.35. The Kier molecular flexibility index (Phi) is 5.55. The largest absolute Gasteiger partial charge is 0.467 e. The van der Waals surface area contributed by atoms with E-state index in [1.807, 2.05) is 63.5 Å². The molecule has 2 aromatic rings. The van der Waals surface area contributed by atoms with Gasteiger partial charge in [-0.15, -0.1) is 0 Å². The van der Waals surface area contributed by atoms with Gasteiger partial charge in [0.15, 0.2) is 0 Å². The van der Waals surface area contributed by atoms with E-state index in [9.17, 15) is 4.79 Å². The molecule has 1 unspecified atom stereocenters. The number of hydrogen-bond acceptors (Lipinski definition) is 3. The Morgan fingerprint density at radius 2 is 2.14 bits per heavy atom. The van der Waals surface area contributed by atoms with Crippen molar-refractivity contribution < 1.29 is 9.21 Å². The van der Waals surface area contributed by atoms with Gasteiger partial charge in [-0.3, -0.25) is 9.69 Å². The number of rotatable bonds is 6. The van der Waals surface area contributed by atoms with Crippen LogP contribution < -0.4 is 5.32 Å². The minimum atomic E-state index is 0.0166. The van der Waals surface area contributed by atoms with Gasteiger partial charge in [0.25, 0.3) is 0 Å². The molecule has 22 heavy (non-hydrogen) atoms. The highest BCUT2D eigenvalue weighted by atomic mass is 16.3. The first kappa shape index (κ1) is 16.0. The number of anilines is 1. The number of carbonyl (C=O) groups excluding carboxylic acids is 1. The van der Waals surface area contributed by atoms with E-state index >= 15 is 0 Å². The van der Waals surface area contributed by atoms with Crippen molar-refractivity contribution in [2.45, 2.75) is 19.4 Å². The number of benzene rings is 1. The lowest BCUT2D eigenvalue weighted by Gasteiger charge is -2.18. The number of nitrogens with one attached hydrogen (secondary N) is 1. The summed E-state index contributed by atoms with van der Waals surface area (Å²) in [5.41, 5.74) is 1.85. The topological polar surface area (TPSA) is 45.5 Å². The van der Waals surface area contributed by atoms with Crippen molar-refractivity contribution in [1.82, 2.24) is 4.90 Å². The first-order chi connectivity index (χ1) is 10.6. The molecular formula is C18H22N2O2. The van der Waals surface area contributed by atoms with E-state index < -0.39 is 0 Å². The maximum atomic E-state index is 11.5. The summed E-state index contributed by atoms with van der Waals surface area (Å²) in [6.45, 7) is 1.84. The first-order valence-electron chi connectivity index (χ1n) is 7.38. The van der Waals surface area contributed by atoms with Gasteiger partial charge in [-0.2, -0.15) is 0 Å². The molecule has 116 valence electrons. The zero-order valence-electron chi connectivity index (χ0n) is 13.2. The number of furan rings is 1. The molecule has 1 N–H and O–H groups in total. The van der Waals surface area contributed by atoms with Gasteiger partial charge in [0.1, 0.15) is 5.76 Å². The quantitative estimate of drug-likeness (QED) is 0.878. The molecule has 2 rings (SSSR count). The van der Waals surface area contributed by atoms with Crippen LogP contribution in [0.4, 0.5) is 5.69 Å². The lowest BCUT2D eigenvalue weighted by molar-refractivity contribution is -0.115. The van der Waals surface area contributed by atoms with E-state index in [1.54, 1.807) is 6.26 Å². The minimum Gasteiger partial charge on any atom is -0.467 e. The van der Waals surface area contributed by atoms with Crippen molar-refractivity contribution in [3.8, 4) is 0 Å². The second-order valence-corrected chi connectivity index (χ2v) is 5.31. The highest BCUT2D eigenvalue weighted by Crippen LogP contribution is 2.22. The van der Waals surface area contributed by atoms with Crippen LogP contribution in [-0.4, -0.2) is 24.9 Å². The van der Waals surface area contributed by atoms with Gasteiger partial charge in [-0.25, -0.2) is 0 Å². The Morgan fingerprint density at radius 3 is 2.77 bits per heavy atom. The fraction of sp³-hybridized carbons (Fsp3) is 0.278. The van der Waals surface area contributed by atoms with Crippen LogP contribution in [0.3, 0.4) is 0 Å². The third-order valence-electron chi connectivity index (χ3n) is 3.35. The van der Waals surface area contributed by atoms with Crippen LogP contribution in [0.25, 0.3) is 6.08 Å². The Morgan fingerprint density at radius 1 is 1.32 bits per heavy atom. The molecule has 1 aromatic carbocycles. The molecule has 0 aliphatic rings. The molecule has 0 saturated heterocycles. The molecule has 0 bridgehead atoms. The average Bonchev–Trinajstić information content (AvgIpc) is 3.01. The molecule has 0 saturated carbocycles. The van der Waals surface area contributed by atoms with Crippen molar-refractivity contribution in [2.75, 3.05) is 19.4 Å². The summed E-state index contributed by atoms with van der Waals surface area (Å²) in [6.07, 6.45) is 6.27. The lowest BCUT2D eigenvalue weighted by atomic mass is 10.1. The molecule has 1 heterocycles. The molecule has 1 atom stereocenters. The molecular weight excluding hydrogens is 276 g/mol. The second kappa shape index (κ2) is 7.61. The fourth-order valence-corrected chi connectivity index (χ4v) is 2.15. The van der Waals surface area contributed by atoms with E-state index in [0.717, 1.165) is 17.0 Å². The monoisotopic (exact) mass is 298 g/mol. The Bertz CT molecular complexity index is 630. The predicted molar refractivity (Wildman–Crippen MR) is 89.5 cm³/mol. The van der Waals surface area contributed by atoms with Crippen LogP contribution in [0.15, 0.2) is 53.2 Å². The molecule has 4 nitrogen and oxygen atoms in total. The van der Waals surface area contributed by atoms with Gasteiger partial charge in [0.05, 0.1) is 12.3 Å². The van der Waals surface area contributed by atoms with Crippen molar-refractivity contribution in [3.63, 3.8) is 0 Å². The SMILES string of the molecule is CCC(=O)Nc1cccc(C=CC(c2ccco2)N(C)C)c1. The highest BCUT2D eigenvalue weighted by molar-refractivity contribution is 5.90. The summed E-state index contributed by atoms with van der Waals surface area (Å²) in [7, 11) is 4.02. The number of hydrogen-bond donors (Lipinski definition) is 1. The summed E-state index contributed by atoms with van der Waals surface area (Å²) in [5, 5.41) is 2.87. The number of likely N-dealkylation sites (N-methyl/N-ethyl adjacent to an activating group) is 1. The van der Waals surface area contributed by atoms with Crippen molar-refractivity contribution in [1.29, 1.82) is 0 Å². The predicted octanol–water partition coefficient (Wildman–Crippen LogP) is 3.94. The van der Waals surface area contributed by atoms with E-state index in [0.29, 0.717) is 6.42 Å². The minimum absolute atomic E-state index is 0.0166. The van der Waals surface area contributed by atoms with Crippen LogP contribution in [0.1, 0.15) is 30.7 Å². The van der Waals surface area contributed by atoms with Gasteiger partial charge in [-0.1, -0.05) is 31.2 Å². The van der Waals surface area contributed by atoms with E-state index in [1.165, 1.54) is 0 Å². The molecule has 0 radical (unpaired) electrons. The molecule has 0 aliphatic heterocycles. The zero-order valence-corrected chi connectivity index (χ0v) is 13.2. The number of amides is 1. The van der Waals surface area contributed by atoms with Crippen LogP contribution in [-0.2, 0) is 4.79 Å². The van der Waals surface area contributed by atoms with E-state index in [2.05, 4.69) is 16.3 Å². The molecule has 0 aliphatic carbocycles. The summed E-state index contributed by atoms with van der Waals surface area (Å²) in [6, 6.07) is 11.7.